The van der Waals surface area contributed by atoms with Crippen LogP contribution in [0.1, 0.15) is 5.69 Å². The summed E-state index contributed by atoms with van der Waals surface area (Å²) >= 11 is 0. The van der Waals surface area contributed by atoms with Gasteiger partial charge in [-0.05, 0) is 11.5 Å². The fraction of sp³-hybridized carbons (Fsp3) is 0.100. The third kappa shape index (κ3) is 1.72. The van der Waals surface area contributed by atoms with E-state index in [0.717, 1.165) is 0 Å². The molecule has 15 heavy (non-hydrogen) atoms. The second-order valence-corrected chi connectivity index (χ2v) is 3.11. The molecule has 1 aromatic heterocycles. The van der Waals surface area contributed by atoms with Gasteiger partial charge in [-0.3, -0.25) is 0 Å². The Balaban J connectivity index is 2.83. The van der Waals surface area contributed by atoms with Gasteiger partial charge >= 0.3 is 6.18 Å². The second-order valence-electron chi connectivity index (χ2n) is 3.11. The predicted molar refractivity (Wildman–Crippen MR) is 51.2 cm³/mol. The molecule has 0 aliphatic rings. The summed E-state index contributed by atoms with van der Waals surface area (Å²) in [6, 6.07) is 7.56. The molecule has 2 nitrogen and oxygen atoms in total. The number of nitrogens with two attached hydrogens (primary N) is 1. The van der Waals surface area contributed by atoms with Crippen molar-refractivity contribution < 1.29 is 13.2 Å². The highest BCUT2D eigenvalue weighted by Crippen LogP contribution is 2.33. The monoisotopic (exact) mass is 212 g/mol. The molecule has 0 unspecified atom stereocenters. The molecule has 0 atom stereocenters. The van der Waals surface area contributed by atoms with Gasteiger partial charge < -0.3 is 5.73 Å². The molecule has 0 spiro atoms. The van der Waals surface area contributed by atoms with Crippen LogP contribution in [0, 0.1) is 0 Å². The molecule has 2 N–H and O–H groups in total. The molecule has 1 aromatic carbocycles. The van der Waals surface area contributed by atoms with Crippen LogP contribution in [-0.2, 0) is 6.18 Å². The van der Waals surface area contributed by atoms with Gasteiger partial charge in [0.15, 0.2) is 5.69 Å². The lowest BCUT2D eigenvalue weighted by molar-refractivity contribution is -0.139. The van der Waals surface area contributed by atoms with Gasteiger partial charge in [0, 0.05) is 5.39 Å². The van der Waals surface area contributed by atoms with Crippen molar-refractivity contribution in [3.8, 4) is 0 Å². The summed E-state index contributed by atoms with van der Waals surface area (Å²) in [5.41, 5.74) is 4.38. The van der Waals surface area contributed by atoms with E-state index in [0.29, 0.717) is 5.39 Å². The van der Waals surface area contributed by atoms with Crippen LogP contribution >= 0.6 is 0 Å². The summed E-state index contributed by atoms with van der Waals surface area (Å²) in [6.45, 7) is 0. The second kappa shape index (κ2) is 3.12. The largest absolute Gasteiger partial charge is 0.434 e. The average Bonchev–Trinajstić information content (AvgIpc) is 2.15. The van der Waals surface area contributed by atoms with Gasteiger partial charge in [0.1, 0.15) is 5.82 Å². The number of hydrogen-bond donors (Lipinski definition) is 1. The maximum absolute atomic E-state index is 12.6. The van der Waals surface area contributed by atoms with Gasteiger partial charge in [-0.1, -0.05) is 24.3 Å². The first-order chi connectivity index (χ1) is 6.98. The van der Waals surface area contributed by atoms with Gasteiger partial charge in [-0.15, -0.1) is 0 Å². The molecule has 0 bridgehead atoms. The molecule has 0 aliphatic carbocycles. The lowest BCUT2D eigenvalue weighted by Crippen LogP contribution is -2.10. The molecular weight excluding hydrogens is 205 g/mol. The van der Waals surface area contributed by atoms with Crippen LogP contribution in [0.5, 0.6) is 0 Å². The first kappa shape index (κ1) is 9.76. The van der Waals surface area contributed by atoms with Crippen molar-refractivity contribution in [3.63, 3.8) is 0 Å². The van der Waals surface area contributed by atoms with E-state index in [-0.39, 0.29) is 11.2 Å². The van der Waals surface area contributed by atoms with Gasteiger partial charge in [0.2, 0.25) is 0 Å². The number of nitrogen functional groups attached to an aromatic ring is 1. The Labute approximate surface area is 83.5 Å². The zero-order chi connectivity index (χ0) is 11.1. The minimum Gasteiger partial charge on any atom is -0.384 e. The molecule has 0 saturated heterocycles. The molecular formula is C10H7F3N2. The molecule has 0 fully saturated rings. The van der Waals surface area contributed by atoms with Crippen LogP contribution in [-0.4, -0.2) is 4.98 Å². The Morgan fingerprint density at radius 3 is 2.47 bits per heavy atom. The SMILES string of the molecule is Nc1cc2ccccc2c(C(F)(F)F)n1. The molecule has 0 saturated carbocycles. The number of anilines is 1. The Morgan fingerprint density at radius 2 is 1.80 bits per heavy atom. The molecule has 0 amide bonds. The highest BCUT2D eigenvalue weighted by atomic mass is 19.4. The van der Waals surface area contributed by atoms with E-state index in [4.69, 9.17) is 5.73 Å². The zero-order valence-corrected chi connectivity index (χ0v) is 7.55. The number of benzene rings is 1. The van der Waals surface area contributed by atoms with Crippen molar-refractivity contribution in [1.29, 1.82) is 0 Å². The number of alkyl halides is 3. The summed E-state index contributed by atoms with van der Waals surface area (Å²) in [5, 5.41) is 0.511. The lowest BCUT2D eigenvalue weighted by Gasteiger charge is -2.09. The fourth-order valence-electron chi connectivity index (χ4n) is 1.44. The van der Waals surface area contributed by atoms with Crippen molar-refractivity contribution in [1.82, 2.24) is 4.98 Å². The summed E-state index contributed by atoms with van der Waals surface area (Å²) in [5.74, 6) is -0.124. The van der Waals surface area contributed by atoms with E-state index >= 15 is 0 Å². The maximum Gasteiger partial charge on any atom is 0.434 e. The van der Waals surface area contributed by atoms with Gasteiger partial charge in [-0.2, -0.15) is 13.2 Å². The average molecular weight is 212 g/mol. The number of pyridine rings is 1. The van der Waals surface area contributed by atoms with Crippen molar-refractivity contribution in [3.05, 3.63) is 36.0 Å². The van der Waals surface area contributed by atoms with Crippen molar-refractivity contribution in [2.45, 2.75) is 6.18 Å². The van der Waals surface area contributed by atoms with E-state index in [1.807, 2.05) is 0 Å². The Morgan fingerprint density at radius 1 is 1.13 bits per heavy atom. The van der Waals surface area contributed by atoms with E-state index < -0.39 is 11.9 Å². The first-order valence-electron chi connectivity index (χ1n) is 4.21. The fourth-order valence-corrected chi connectivity index (χ4v) is 1.44. The Hall–Kier alpha value is -1.78. The quantitative estimate of drug-likeness (QED) is 0.729. The van der Waals surface area contributed by atoms with Crippen molar-refractivity contribution in [2.75, 3.05) is 5.73 Å². The van der Waals surface area contributed by atoms with Crippen LogP contribution in [0.3, 0.4) is 0 Å². The van der Waals surface area contributed by atoms with Crippen LogP contribution in [0.15, 0.2) is 30.3 Å². The predicted octanol–water partition coefficient (Wildman–Crippen LogP) is 2.84. The Bertz CT molecular complexity index is 505. The zero-order valence-electron chi connectivity index (χ0n) is 7.55. The van der Waals surface area contributed by atoms with Crippen molar-refractivity contribution >= 4 is 16.6 Å². The van der Waals surface area contributed by atoms with Crippen LogP contribution in [0.2, 0.25) is 0 Å². The molecule has 0 aliphatic heterocycles. The van der Waals surface area contributed by atoms with E-state index in [2.05, 4.69) is 4.98 Å². The molecule has 2 rings (SSSR count). The summed E-state index contributed by atoms with van der Waals surface area (Å²) in [6.07, 6.45) is -4.48. The maximum atomic E-state index is 12.6. The van der Waals surface area contributed by atoms with E-state index in [1.165, 1.54) is 18.2 Å². The third-order valence-electron chi connectivity index (χ3n) is 2.03. The summed E-state index contributed by atoms with van der Waals surface area (Å²) < 4.78 is 37.7. The summed E-state index contributed by atoms with van der Waals surface area (Å²) in [7, 11) is 0. The highest BCUT2D eigenvalue weighted by Gasteiger charge is 2.34. The number of rotatable bonds is 0. The standard InChI is InChI=1S/C10H7F3N2/c11-10(12,13)9-7-4-2-1-3-6(7)5-8(14)15-9/h1-5H,(H2,14,15). The number of hydrogen-bond acceptors (Lipinski definition) is 2. The molecule has 0 radical (unpaired) electrons. The van der Waals surface area contributed by atoms with Crippen molar-refractivity contribution in [2.24, 2.45) is 0 Å². The molecule has 1 heterocycles. The third-order valence-corrected chi connectivity index (χ3v) is 2.03. The normalized spacial score (nSPS) is 11.9. The van der Waals surface area contributed by atoms with E-state index in [9.17, 15) is 13.2 Å². The van der Waals surface area contributed by atoms with Gasteiger partial charge in [0.25, 0.3) is 0 Å². The first-order valence-corrected chi connectivity index (χ1v) is 4.21. The van der Waals surface area contributed by atoms with Gasteiger partial charge in [-0.25, -0.2) is 4.98 Å². The highest BCUT2D eigenvalue weighted by molar-refractivity contribution is 5.86. The number of fused-ring (bicyclic) bond motifs is 1. The van der Waals surface area contributed by atoms with E-state index in [1.54, 1.807) is 12.1 Å². The minimum atomic E-state index is -4.48. The molecule has 78 valence electrons. The van der Waals surface area contributed by atoms with Crippen LogP contribution < -0.4 is 5.73 Å². The minimum absolute atomic E-state index is 0.0687. The lowest BCUT2D eigenvalue weighted by atomic mass is 10.1. The summed E-state index contributed by atoms with van der Waals surface area (Å²) in [4.78, 5) is 3.33. The smallest absolute Gasteiger partial charge is 0.384 e. The number of aromatic nitrogens is 1. The molecule has 5 heteroatoms. The van der Waals surface area contributed by atoms with Crippen LogP contribution in [0.25, 0.3) is 10.8 Å². The van der Waals surface area contributed by atoms with Gasteiger partial charge in [0.05, 0.1) is 0 Å². The number of nitrogens with zero attached hydrogens (tertiary/aromatic N) is 1. The topological polar surface area (TPSA) is 38.9 Å². The van der Waals surface area contributed by atoms with Crippen LogP contribution in [0.4, 0.5) is 19.0 Å². The number of halogens is 3. The Kier molecular flexibility index (Phi) is 2.03. The molecule has 2 aromatic rings.